The van der Waals surface area contributed by atoms with E-state index in [2.05, 4.69) is 6.92 Å². The van der Waals surface area contributed by atoms with Gasteiger partial charge in [0.1, 0.15) is 5.75 Å². The molecule has 21 heavy (non-hydrogen) atoms. The van der Waals surface area contributed by atoms with Crippen LogP contribution in [0.2, 0.25) is 0 Å². The second-order valence-electron chi connectivity index (χ2n) is 5.43. The zero-order chi connectivity index (χ0) is 15.5. The van der Waals surface area contributed by atoms with Gasteiger partial charge in [-0.2, -0.15) is 0 Å². The van der Waals surface area contributed by atoms with E-state index < -0.39 is 10.8 Å². The molecule has 0 amide bonds. The van der Waals surface area contributed by atoms with Gasteiger partial charge in [-0.1, -0.05) is 51.9 Å². The number of hydrogen-bond donors (Lipinski definition) is 1. The summed E-state index contributed by atoms with van der Waals surface area (Å²) in [5.41, 5.74) is 6.35. The number of anilines is 1. The van der Waals surface area contributed by atoms with E-state index in [1.54, 1.807) is 19.2 Å². The minimum absolute atomic E-state index is 0.632. The molecule has 0 saturated carbocycles. The molecule has 120 valence electrons. The first-order chi connectivity index (χ1) is 10.2. The lowest BCUT2D eigenvalue weighted by atomic mass is 10.1. The fraction of sp³-hybridized carbons (Fsp3) is 0.647. The summed E-state index contributed by atoms with van der Waals surface area (Å²) in [6, 6.07) is 5.33. The Labute approximate surface area is 131 Å². The minimum atomic E-state index is -0.994. The Morgan fingerprint density at radius 3 is 2.29 bits per heavy atom. The third-order valence-electron chi connectivity index (χ3n) is 3.62. The summed E-state index contributed by atoms with van der Waals surface area (Å²) < 4.78 is 17.6. The molecule has 1 unspecified atom stereocenters. The fourth-order valence-electron chi connectivity index (χ4n) is 2.35. The summed E-state index contributed by atoms with van der Waals surface area (Å²) in [7, 11) is 0.595. The highest BCUT2D eigenvalue weighted by atomic mass is 32.2. The van der Waals surface area contributed by atoms with Gasteiger partial charge in [0.2, 0.25) is 0 Å². The Hall–Kier alpha value is -1.03. The van der Waals surface area contributed by atoms with E-state index in [1.807, 2.05) is 6.07 Å². The Morgan fingerprint density at radius 1 is 1.05 bits per heavy atom. The predicted octanol–water partition coefficient (Wildman–Crippen LogP) is 4.53. The van der Waals surface area contributed by atoms with Crippen molar-refractivity contribution in [3.63, 3.8) is 0 Å². The number of nitrogens with two attached hydrogens (primary N) is 1. The highest BCUT2D eigenvalue weighted by molar-refractivity contribution is 7.85. The first kappa shape index (κ1) is 18.0. The van der Waals surface area contributed by atoms with E-state index in [4.69, 9.17) is 10.5 Å². The van der Waals surface area contributed by atoms with Crippen LogP contribution in [-0.2, 0) is 10.8 Å². The van der Waals surface area contributed by atoms with Crippen LogP contribution in [0.5, 0.6) is 5.75 Å². The molecule has 0 aliphatic rings. The maximum atomic E-state index is 12.3. The van der Waals surface area contributed by atoms with Crippen molar-refractivity contribution in [2.45, 2.75) is 63.2 Å². The number of hydrogen-bond acceptors (Lipinski definition) is 3. The van der Waals surface area contributed by atoms with E-state index in [0.29, 0.717) is 17.2 Å². The lowest BCUT2D eigenvalue weighted by Gasteiger charge is -2.09. The monoisotopic (exact) mass is 311 g/mol. The van der Waals surface area contributed by atoms with Crippen molar-refractivity contribution >= 4 is 16.5 Å². The lowest BCUT2D eigenvalue weighted by Crippen LogP contribution is -2.02. The second kappa shape index (κ2) is 10.7. The summed E-state index contributed by atoms with van der Waals surface area (Å²) in [6.45, 7) is 2.24. The quantitative estimate of drug-likeness (QED) is 0.482. The van der Waals surface area contributed by atoms with Gasteiger partial charge in [-0.25, -0.2) is 0 Å². The summed E-state index contributed by atoms with van der Waals surface area (Å²) in [6.07, 6.45) is 10.1. The van der Waals surface area contributed by atoms with E-state index in [1.165, 1.54) is 38.5 Å². The molecule has 0 aromatic heterocycles. The molecule has 0 radical (unpaired) electrons. The number of nitrogen functional groups attached to an aromatic ring is 1. The summed E-state index contributed by atoms with van der Waals surface area (Å²) >= 11 is 0. The van der Waals surface area contributed by atoms with Gasteiger partial charge in [0.05, 0.1) is 22.8 Å². The van der Waals surface area contributed by atoms with Gasteiger partial charge in [0.15, 0.2) is 0 Å². The topological polar surface area (TPSA) is 52.3 Å². The van der Waals surface area contributed by atoms with Crippen LogP contribution in [0.4, 0.5) is 5.69 Å². The minimum Gasteiger partial charge on any atom is -0.495 e. The van der Waals surface area contributed by atoms with Crippen LogP contribution in [0.3, 0.4) is 0 Å². The smallest absolute Gasteiger partial charge is 0.137 e. The molecule has 4 heteroatoms. The highest BCUT2D eigenvalue weighted by Gasteiger charge is 2.10. The summed E-state index contributed by atoms with van der Waals surface area (Å²) in [4.78, 5) is 0.759. The molecule has 2 N–H and O–H groups in total. The lowest BCUT2D eigenvalue weighted by molar-refractivity contribution is 0.404. The molecule has 0 aliphatic heterocycles. The Kier molecular flexibility index (Phi) is 9.15. The third-order valence-corrected chi connectivity index (χ3v) is 5.10. The van der Waals surface area contributed by atoms with Gasteiger partial charge in [-0.15, -0.1) is 0 Å². The Bertz CT molecular complexity index is 435. The third kappa shape index (κ3) is 6.98. The molecule has 0 bridgehead atoms. The van der Waals surface area contributed by atoms with Crippen LogP contribution in [0.15, 0.2) is 23.1 Å². The predicted molar refractivity (Wildman–Crippen MR) is 91.3 cm³/mol. The molecule has 1 rings (SSSR count). The van der Waals surface area contributed by atoms with Crippen LogP contribution in [-0.4, -0.2) is 17.1 Å². The van der Waals surface area contributed by atoms with E-state index >= 15 is 0 Å². The molecule has 0 fully saturated rings. The SMILES string of the molecule is CCCCCCCCCCS(=O)c1ccc(N)cc1OC. The van der Waals surface area contributed by atoms with E-state index in [0.717, 1.165) is 17.7 Å². The molecule has 0 aliphatic carbocycles. The first-order valence-electron chi connectivity index (χ1n) is 8.01. The van der Waals surface area contributed by atoms with Gasteiger partial charge in [-0.05, 0) is 18.6 Å². The first-order valence-corrected chi connectivity index (χ1v) is 9.32. The van der Waals surface area contributed by atoms with Gasteiger partial charge < -0.3 is 10.5 Å². The Balaban J connectivity index is 2.25. The van der Waals surface area contributed by atoms with Gasteiger partial charge in [-0.3, -0.25) is 4.21 Å². The van der Waals surface area contributed by atoms with Crippen LogP contribution in [0.25, 0.3) is 0 Å². The van der Waals surface area contributed by atoms with Crippen molar-refractivity contribution < 1.29 is 8.95 Å². The van der Waals surface area contributed by atoms with Gasteiger partial charge in [0, 0.05) is 17.5 Å². The number of rotatable bonds is 11. The van der Waals surface area contributed by atoms with Crippen LogP contribution in [0.1, 0.15) is 58.3 Å². The van der Waals surface area contributed by atoms with Crippen molar-refractivity contribution in [1.29, 1.82) is 0 Å². The molecule has 1 aromatic carbocycles. The maximum Gasteiger partial charge on any atom is 0.137 e. The molecule has 1 aromatic rings. The normalized spacial score (nSPS) is 12.3. The van der Waals surface area contributed by atoms with Crippen LogP contribution < -0.4 is 10.5 Å². The van der Waals surface area contributed by atoms with Crippen LogP contribution in [0, 0.1) is 0 Å². The summed E-state index contributed by atoms with van der Waals surface area (Å²) in [5.74, 6) is 1.34. The van der Waals surface area contributed by atoms with Crippen molar-refractivity contribution in [3.05, 3.63) is 18.2 Å². The van der Waals surface area contributed by atoms with Gasteiger partial charge in [0.25, 0.3) is 0 Å². The molecule has 3 nitrogen and oxygen atoms in total. The summed E-state index contributed by atoms with van der Waals surface area (Å²) in [5, 5.41) is 0. The highest BCUT2D eigenvalue weighted by Crippen LogP contribution is 2.25. The zero-order valence-corrected chi connectivity index (χ0v) is 14.2. The molecular weight excluding hydrogens is 282 g/mol. The molecule has 0 heterocycles. The molecule has 0 saturated heterocycles. The molecular formula is C17H29NO2S. The zero-order valence-electron chi connectivity index (χ0n) is 13.4. The Morgan fingerprint density at radius 2 is 1.67 bits per heavy atom. The number of ether oxygens (including phenoxy) is 1. The van der Waals surface area contributed by atoms with Crippen molar-refractivity contribution in [2.75, 3.05) is 18.6 Å². The van der Waals surface area contributed by atoms with Crippen molar-refractivity contribution in [3.8, 4) is 5.75 Å². The number of methoxy groups -OCH3 is 1. The van der Waals surface area contributed by atoms with Crippen LogP contribution >= 0.6 is 0 Å². The average Bonchev–Trinajstić information content (AvgIpc) is 2.49. The van der Waals surface area contributed by atoms with Gasteiger partial charge >= 0.3 is 0 Å². The van der Waals surface area contributed by atoms with Crippen molar-refractivity contribution in [2.24, 2.45) is 0 Å². The fourth-order valence-corrected chi connectivity index (χ4v) is 3.62. The number of unbranched alkanes of at least 4 members (excludes halogenated alkanes) is 7. The number of benzene rings is 1. The maximum absolute atomic E-state index is 12.3. The largest absolute Gasteiger partial charge is 0.495 e. The van der Waals surface area contributed by atoms with E-state index in [-0.39, 0.29) is 0 Å². The second-order valence-corrected chi connectivity index (χ2v) is 6.97. The molecule has 0 spiro atoms. The van der Waals surface area contributed by atoms with E-state index in [9.17, 15) is 4.21 Å². The average molecular weight is 311 g/mol. The molecule has 1 atom stereocenters. The van der Waals surface area contributed by atoms with Crippen molar-refractivity contribution in [1.82, 2.24) is 0 Å². The standard InChI is InChI=1S/C17H29NO2S/c1-3-4-5-6-7-8-9-10-13-21(19)17-12-11-15(18)14-16(17)20-2/h11-12,14H,3-10,13,18H2,1-2H3.